The fourth-order valence-electron chi connectivity index (χ4n) is 4.37. The van der Waals surface area contributed by atoms with Crippen molar-refractivity contribution in [2.45, 2.75) is 44.6 Å². The molecule has 3 N–H and O–H groups in total. The molecule has 0 radical (unpaired) electrons. The highest BCUT2D eigenvalue weighted by Crippen LogP contribution is 2.24. The van der Waals surface area contributed by atoms with Gasteiger partial charge in [-0.3, -0.25) is 14.4 Å². The van der Waals surface area contributed by atoms with E-state index in [1.165, 1.54) is 6.08 Å². The van der Waals surface area contributed by atoms with Gasteiger partial charge in [-0.05, 0) is 62.4 Å². The minimum atomic E-state index is -0.189. The van der Waals surface area contributed by atoms with Gasteiger partial charge in [-0.15, -0.1) is 0 Å². The third kappa shape index (κ3) is 7.73. The Kier molecular flexibility index (Phi) is 9.59. The summed E-state index contributed by atoms with van der Waals surface area (Å²) in [6.45, 7) is 2.96. The molecule has 3 rings (SSSR count). The molecule has 2 aliphatic rings. The zero-order valence-electron chi connectivity index (χ0n) is 18.8. The molecule has 9 heteroatoms. The Morgan fingerprint density at radius 3 is 2.55 bits per heavy atom. The first kappa shape index (κ1) is 25.5. The number of benzene rings is 1. The molecule has 0 spiro atoms. The van der Waals surface area contributed by atoms with E-state index in [9.17, 15) is 14.4 Å². The Hall–Kier alpha value is -2.09. The third-order valence-electron chi connectivity index (χ3n) is 6.43. The van der Waals surface area contributed by atoms with Gasteiger partial charge in [0, 0.05) is 50.6 Å². The summed E-state index contributed by atoms with van der Waals surface area (Å²) < 4.78 is 0. The van der Waals surface area contributed by atoms with Crippen LogP contribution in [0.2, 0.25) is 10.0 Å². The van der Waals surface area contributed by atoms with Gasteiger partial charge in [0.15, 0.2) is 0 Å². The van der Waals surface area contributed by atoms with E-state index in [1.807, 2.05) is 4.90 Å². The molecular formula is C24H32Cl2N4O3. The molecule has 1 aliphatic heterocycles. The first-order valence-electron chi connectivity index (χ1n) is 11.6. The van der Waals surface area contributed by atoms with Gasteiger partial charge < -0.3 is 20.9 Å². The van der Waals surface area contributed by atoms with Crippen LogP contribution in [-0.4, -0.2) is 66.3 Å². The summed E-state index contributed by atoms with van der Waals surface area (Å²) in [5, 5.41) is 4.45. The van der Waals surface area contributed by atoms with Crippen molar-refractivity contribution in [3.63, 3.8) is 0 Å². The predicted molar refractivity (Wildman–Crippen MR) is 131 cm³/mol. The van der Waals surface area contributed by atoms with Crippen LogP contribution in [0, 0.1) is 5.92 Å². The number of nitrogens with one attached hydrogen (secondary N) is 1. The van der Waals surface area contributed by atoms with Crippen molar-refractivity contribution in [1.29, 1.82) is 0 Å². The molecular weight excluding hydrogens is 463 g/mol. The number of hydrogen-bond acceptors (Lipinski definition) is 4. The lowest BCUT2D eigenvalue weighted by Gasteiger charge is -2.28. The molecule has 1 aliphatic carbocycles. The smallest absolute Gasteiger partial charge is 0.246 e. The average Bonchev–Trinajstić information content (AvgIpc) is 2.99. The lowest BCUT2D eigenvalue weighted by atomic mass is 9.85. The molecule has 0 unspecified atom stereocenters. The quantitative estimate of drug-likeness (QED) is 0.428. The Bertz CT molecular complexity index is 884. The Morgan fingerprint density at radius 2 is 1.85 bits per heavy atom. The van der Waals surface area contributed by atoms with Crippen molar-refractivity contribution in [1.82, 2.24) is 15.1 Å². The number of nitrogens with zero attached hydrogens (tertiary/aromatic N) is 2. The Labute approximate surface area is 205 Å². The van der Waals surface area contributed by atoms with Crippen molar-refractivity contribution < 1.29 is 14.4 Å². The van der Waals surface area contributed by atoms with Gasteiger partial charge in [0.2, 0.25) is 17.7 Å². The lowest BCUT2D eigenvalue weighted by Crippen LogP contribution is -2.39. The van der Waals surface area contributed by atoms with Crippen molar-refractivity contribution in [2.75, 3.05) is 32.7 Å². The van der Waals surface area contributed by atoms with Crippen molar-refractivity contribution in [3.8, 4) is 0 Å². The summed E-state index contributed by atoms with van der Waals surface area (Å²) in [5.41, 5.74) is 6.18. The number of primary amides is 1. The van der Waals surface area contributed by atoms with Crippen LogP contribution in [-0.2, 0) is 14.4 Å². The Balaban J connectivity index is 1.39. The minimum absolute atomic E-state index is 0.0160. The largest absolute Gasteiger partial charge is 0.369 e. The number of hydrogen-bond donors (Lipinski definition) is 2. The van der Waals surface area contributed by atoms with Crippen LogP contribution in [0.3, 0.4) is 0 Å². The second-order valence-corrected chi connectivity index (χ2v) is 9.54. The van der Waals surface area contributed by atoms with Crippen LogP contribution < -0.4 is 11.1 Å². The molecule has 33 heavy (non-hydrogen) atoms. The maximum absolute atomic E-state index is 12.6. The molecule has 1 aromatic carbocycles. The summed E-state index contributed by atoms with van der Waals surface area (Å²) >= 11 is 11.9. The topological polar surface area (TPSA) is 95.7 Å². The second kappa shape index (κ2) is 12.4. The van der Waals surface area contributed by atoms with Crippen LogP contribution in [0.15, 0.2) is 24.3 Å². The number of amides is 3. The van der Waals surface area contributed by atoms with E-state index in [2.05, 4.69) is 5.32 Å². The van der Waals surface area contributed by atoms with Crippen LogP contribution in [0.5, 0.6) is 0 Å². The van der Waals surface area contributed by atoms with Gasteiger partial charge >= 0.3 is 0 Å². The van der Waals surface area contributed by atoms with Gasteiger partial charge in [-0.1, -0.05) is 29.3 Å². The molecule has 1 heterocycles. The predicted octanol–water partition coefficient (Wildman–Crippen LogP) is 3.09. The third-order valence-corrected chi connectivity index (χ3v) is 7.17. The zero-order chi connectivity index (χ0) is 23.8. The number of carbonyl (C=O) groups is 3. The molecule has 0 atom stereocenters. The molecule has 3 amide bonds. The van der Waals surface area contributed by atoms with E-state index >= 15 is 0 Å². The van der Waals surface area contributed by atoms with Crippen LogP contribution in [0.25, 0.3) is 6.08 Å². The molecule has 1 saturated carbocycles. The van der Waals surface area contributed by atoms with Crippen LogP contribution in [0.4, 0.5) is 0 Å². The molecule has 1 aromatic rings. The summed E-state index contributed by atoms with van der Waals surface area (Å²) in [7, 11) is 0. The fourth-order valence-corrected chi connectivity index (χ4v) is 4.68. The highest BCUT2D eigenvalue weighted by molar-refractivity contribution is 6.42. The van der Waals surface area contributed by atoms with Gasteiger partial charge in [-0.2, -0.15) is 0 Å². The SMILES string of the molecule is NC(=O)C1CCC(NCCCN2CCN(C(=O)/C=C/c3ccc(Cl)c(Cl)c3)CCC2=O)CC1. The van der Waals surface area contributed by atoms with Crippen molar-refractivity contribution in [3.05, 3.63) is 39.9 Å². The summed E-state index contributed by atoms with van der Waals surface area (Å²) in [4.78, 5) is 39.9. The van der Waals surface area contributed by atoms with E-state index < -0.39 is 0 Å². The van der Waals surface area contributed by atoms with Gasteiger partial charge in [0.25, 0.3) is 0 Å². The van der Waals surface area contributed by atoms with Gasteiger partial charge in [0.1, 0.15) is 0 Å². The zero-order valence-corrected chi connectivity index (χ0v) is 20.3. The van der Waals surface area contributed by atoms with E-state index in [1.54, 1.807) is 29.2 Å². The fraction of sp³-hybridized carbons (Fsp3) is 0.542. The molecule has 0 bridgehead atoms. The first-order valence-corrected chi connectivity index (χ1v) is 12.3. The maximum Gasteiger partial charge on any atom is 0.246 e. The van der Waals surface area contributed by atoms with Crippen LogP contribution >= 0.6 is 23.2 Å². The highest BCUT2D eigenvalue weighted by atomic mass is 35.5. The van der Waals surface area contributed by atoms with E-state index in [0.29, 0.717) is 48.7 Å². The average molecular weight is 495 g/mol. The summed E-state index contributed by atoms with van der Waals surface area (Å²) in [6, 6.07) is 5.61. The van der Waals surface area contributed by atoms with Crippen LogP contribution in [0.1, 0.15) is 44.1 Å². The number of nitrogens with two attached hydrogens (primary N) is 1. The van der Waals surface area contributed by atoms with Crippen molar-refractivity contribution in [2.24, 2.45) is 11.7 Å². The summed E-state index contributed by atoms with van der Waals surface area (Å²) in [5.74, 6) is -0.211. The molecule has 0 aromatic heterocycles. The normalized spacial score (nSPS) is 21.9. The highest BCUT2D eigenvalue weighted by Gasteiger charge is 2.25. The maximum atomic E-state index is 12.6. The molecule has 7 nitrogen and oxygen atoms in total. The van der Waals surface area contributed by atoms with Crippen molar-refractivity contribution >= 4 is 47.0 Å². The first-order chi connectivity index (χ1) is 15.8. The number of halogens is 2. The number of carbonyl (C=O) groups excluding carboxylic acids is 3. The molecule has 2 fully saturated rings. The van der Waals surface area contributed by atoms with E-state index in [4.69, 9.17) is 28.9 Å². The molecule has 1 saturated heterocycles. The minimum Gasteiger partial charge on any atom is -0.369 e. The molecule has 180 valence electrons. The van der Waals surface area contributed by atoms with E-state index in [-0.39, 0.29) is 23.6 Å². The summed E-state index contributed by atoms with van der Waals surface area (Å²) in [6.07, 6.45) is 8.02. The second-order valence-electron chi connectivity index (χ2n) is 8.72. The van der Waals surface area contributed by atoms with Gasteiger partial charge in [-0.25, -0.2) is 0 Å². The standard InChI is InChI=1S/C24H32Cl2N4O3/c25-20-8-2-17(16-21(20)26)3-9-22(31)30-13-10-23(32)29(14-15-30)12-1-11-28-19-6-4-18(5-7-19)24(27)33/h2-3,8-9,16,18-19,28H,1,4-7,10-15H2,(H2,27,33)/b9-3+. The van der Waals surface area contributed by atoms with E-state index in [0.717, 1.165) is 44.2 Å². The Morgan fingerprint density at radius 1 is 1.09 bits per heavy atom. The van der Waals surface area contributed by atoms with Gasteiger partial charge in [0.05, 0.1) is 10.0 Å². The number of rotatable bonds is 8. The monoisotopic (exact) mass is 494 g/mol. The lowest BCUT2D eigenvalue weighted by molar-refractivity contribution is -0.130.